The van der Waals surface area contributed by atoms with Crippen LogP contribution in [0.2, 0.25) is 0 Å². The number of aliphatic hydroxyl groups excluding tert-OH is 1. The maximum Gasteiger partial charge on any atom is 0.407 e. The molecular formula is C26H39N3O3. The number of rotatable bonds is 6. The molecule has 0 bridgehead atoms. The van der Waals surface area contributed by atoms with Crippen LogP contribution in [-0.2, 0) is 4.74 Å². The molecular weight excluding hydrogens is 402 g/mol. The molecule has 6 heteroatoms. The Morgan fingerprint density at radius 3 is 2.81 bits per heavy atom. The van der Waals surface area contributed by atoms with Gasteiger partial charge in [-0.2, -0.15) is 0 Å². The number of aromatic nitrogens is 2. The van der Waals surface area contributed by atoms with Gasteiger partial charge < -0.3 is 19.7 Å². The van der Waals surface area contributed by atoms with E-state index in [0.29, 0.717) is 6.04 Å². The highest BCUT2D eigenvalue weighted by molar-refractivity contribution is 5.74. The fourth-order valence-electron chi connectivity index (χ4n) is 5.92. The van der Waals surface area contributed by atoms with Gasteiger partial charge in [-0.1, -0.05) is 19.1 Å². The van der Waals surface area contributed by atoms with Crippen LogP contribution in [0.25, 0.3) is 5.57 Å². The van der Waals surface area contributed by atoms with E-state index in [9.17, 15) is 9.90 Å². The molecule has 2 atom stereocenters. The summed E-state index contributed by atoms with van der Waals surface area (Å²) in [5.41, 5.74) is 3.57. The van der Waals surface area contributed by atoms with Gasteiger partial charge in [0.1, 0.15) is 5.60 Å². The third-order valence-corrected chi connectivity index (χ3v) is 7.59. The second kappa shape index (κ2) is 9.05. The number of aliphatic hydroxyl groups is 1. The van der Waals surface area contributed by atoms with Gasteiger partial charge >= 0.3 is 6.09 Å². The highest BCUT2D eigenvalue weighted by atomic mass is 16.6. The van der Waals surface area contributed by atoms with Crippen LogP contribution in [0.1, 0.15) is 97.2 Å². The van der Waals surface area contributed by atoms with Crippen molar-refractivity contribution in [3.63, 3.8) is 0 Å². The van der Waals surface area contributed by atoms with E-state index >= 15 is 0 Å². The molecule has 0 radical (unpaired) electrons. The first-order valence-corrected chi connectivity index (χ1v) is 12.3. The van der Waals surface area contributed by atoms with Crippen LogP contribution in [0.15, 0.2) is 30.2 Å². The number of nitrogens with zero attached hydrogens (tertiary/aromatic N) is 2. The zero-order valence-electron chi connectivity index (χ0n) is 20.1. The quantitative estimate of drug-likeness (QED) is 0.607. The maximum absolute atomic E-state index is 12.2. The maximum atomic E-state index is 12.2. The number of fused-ring (bicyclic) bond motifs is 2. The van der Waals surface area contributed by atoms with Gasteiger partial charge in [0.05, 0.1) is 30.4 Å². The van der Waals surface area contributed by atoms with Gasteiger partial charge in [-0.05, 0) is 95.1 Å². The number of alkyl carbamates (subject to hydrolysis) is 1. The third-order valence-electron chi connectivity index (χ3n) is 7.59. The lowest BCUT2D eigenvalue weighted by molar-refractivity contribution is -0.0220. The molecule has 176 valence electrons. The van der Waals surface area contributed by atoms with Gasteiger partial charge in [-0.15, -0.1) is 0 Å². The number of hydrogen-bond donors (Lipinski definition) is 2. The fourth-order valence-corrected chi connectivity index (χ4v) is 5.92. The van der Waals surface area contributed by atoms with Crippen molar-refractivity contribution in [2.45, 2.75) is 109 Å². The van der Waals surface area contributed by atoms with Gasteiger partial charge in [0.2, 0.25) is 0 Å². The molecule has 1 amide bonds. The largest absolute Gasteiger partial charge is 0.444 e. The van der Waals surface area contributed by atoms with Gasteiger partial charge in [-0.25, -0.2) is 9.78 Å². The summed E-state index contributed by atoms with van der Waals surface area (Å²) < 4.78 is 7.77. The molecule has 6 nitrogen and oxygen atoms in total. The second-order valence-electron chi connectivity index (χ2n) is 10.8. The minimum atomic E-state index is -0.491. The van der Waals surface area contributed by atoms with E-state index in [2.05, 4.69) is 33.9 Å². The van der Waals surface area contributed by atoms with E-state index in [1.807, 2.05) is 33.3 Å². The summed E-state index contributed by atoms with van der Waals surface area (Å²) in [5, 5.41) is 14.1. The SMILES string of the molecule is CC[C@H](O)C1(CC[C@H]2C3=C(CCC=C3)c3cncn32)CCC(NC(=O)OC(C)(C)C)CC1. The lowest BCUT2D eigenvalue weighted by Crippen LogP contribution is -2.46. The van der Waals surface area contributed by atoms with Gasteiger partial charge in [0.25, 0.3) is 0 Å². The van der Waals surface area contributed by atoms with Crippen LogP contribution in [-0.4, -0.2) is 38.5 Å². The second-order valence-corrected chi connectivity index (χ2v) is 10.8. The Labute approximate surface area is 192 Å². The summed E-state index contributed by atoms with van der Waals surface area (Å²) >= 11 is 0. The lowest BCUT2D eigenvalue weighted by atomic mass is 9.65. The lowest BCUT2D eigenvalue weighted by Gasteiger charge is -2.44. The number of imidazole rings is 1. The predicted octanol–water partition coefficient (Wildman–Crippen LogP) is 5.55. The van der Waals surface area contributed by atoms with Crippen LogP contribution < -0.4 is 5.32 Å². The monoisotopic (exact) mass is 441 g/mol. The van der Waals surface area contributed by atoms with Gasteiger partial charge in [0.15, 0.2) is 0 Å². The summed E-state index contributed by atoms with van der Waals surface area (Å²) in [6, 6.07) is 0.432. The third kappa shape index (κ3) is 4.66. The number of ether oxygens (including phenoxy) is 1. The van der Waals surface area contributed by atoms with Crippen molar-refractivity contribution in [3.05, 3.63) is 35.9 Å². The Balaban J connectivity index is 1.42. The standard InChI is InChI=1S/C26H39N3O3/c1-5-23(30)26(13-10-18(11-14-26)28-24(31)32-25(2,3)4)15-12-21-19-8-6-7-9-20(19)22-16-27-17-29(21)22/h6,8,16-18,21,23,30H,5,7,9-15H2,1-4H3,(H,28,31)/t18?,21-,23-,26?/m0/s1. The van der Waals surface area contributed by atoms with E-state index in [0.717, 1.165) is 57.8 Å². The van der Waals surface area contributed by atoms with Crippen molar-refractivity contribution >= 4 is 11.7 Å². The predicted molar refractivity (Wildman–Crippen MR) is 126 cm³/mol. The zero-order valence-corrected chi connectivity index (χ0v) is 20.1. The first-order valence-electron chi connectivity index (χ1n) is 12.3. The van der Waals surface area contributed by atoms with E-state index in [4.69, 9.17) is 4.74 Å². The topological polar surface area (TPSA) is 76.4 Å². The van der Waals surface area contributed by atoms with Crippen LogP contribution in [0.3, 0.4) is 0 Å². The summed E-state index contributed by atoms with van der Waals surface area (Å²) in [6.07, 6.45) is 16.5. The molecule has 0 unspecified atom stereocenters. The molecule has 1 fully saturated rings. The molecule has 2 N–H and O–H groups in total. The molecule has 4 rings (SSSR count). The molecule has 32 heavy (non-hydrogen) atoms. The number of hydrogen-bond acceptors (Lipinski definition) is 4. The van der Waals surface area contributed by atoms with Crippen molar-refractivity contribution in [1.82, 2.24) is 14.9 Å². The van der Waals surface area contributed by atoms with Crippen molar-refractivity contribution in [2.75, 3.05) is 0 Å². The van der Waals surface area contributed by atoms with Crippen LogP contribution in [0.5, 0.6) is 0 Å². The first kappa shape index (κ1) is 23.1. The molecule has 0 saturated heterocycles. The minimum Gasteiger partial charge on any atom is -0.444 e. The Bertz CT molecular complexity index is 884. The van der Waals surface area contributed by atoms with Crippen LogP contribution >= 0.6 is 0 Å². The van der Waals surface area contributed by atoms with E-state index in [1.54, 1.807) is 0 Å². The van der Waals surface area contributed by atoms with Crippen LogP contribution in [0.4, 0.5) is 4.79 Å². The zero-order chi connectivity index (χ0) is 22.9. The van der Waals surface area contributed by atoms with Crippen molar-refractivity contribution in [1.29, 1.82) is 0 Å². The highest BCUT2D eigenvalue weighted by Crippen LogP contribution is 2.49. The smallest absolute Gasteiger partial charge is 0.407 e. The molecule has 3 aliphatic rings. The number of carbonyl (C=O) groups is 1. The van der Waals surface area contributed by atoms with Crippen molar-refractivity contribution < 1.29 is 14.6 Å². The molecule has 1 aliphatic heterocycles. The highest BCUT2D eigenvalue weighted by Gasteiger charge is 2.42. The van der Waals surface area contributed by atoms with Crippen molar-refractivity contribution in [2.24, 2.45) is 5.41 Å². The number of allylic oxidation sites excluding steroid dienone is 4. The normalized spacial score (nSPS) is 28.3. The molecule has 1 aromatic heterocycles. The summed E-state index contributed by atoms with van der Waals surface area (Å²) in [6.45, 7) is 7.72. The molecule has 0 spiro atoms. The van der Waals surface area contributed by atoms with E-state index in [1.165, 1.54) is 16.8 Å². The Kier molecular flexibility index (Phi) is 6.53. The Morgan fingerprint density at radius 2 is 2.12 bits per heavy atom. The average molecular weight is 442 g/mol. The molecule has 0 aromatic carbocycles. The molecule has 2 aliphatic carbocycles. The minimum absolute atomic E-state index is 0.0939. The average Bonchev–Trinajstić information content (AvgIpc) is 3.33. The number of nitrogens with one attached hydrogen (secondary N) is 1. The Hall–Kier alpha value is -2.08. The summed E-state index contributed by atoms with van der Waals surface area (Å²) in [5.74, 6) is 0. The summed E-state index contributed by atoms with van der Waals surface area (Å²) in [4.78, 5) is 16.6. The van der Waals surface area contributed by atoms with Crippen LogP contribution in [0, 0.1) is 5.41 Å². The molecule has 1 aromatic rings. The molecule has 1 saturated carbocycles. The number of amides is 1. The van der Waals surface area contributed by atoms with E-state index < -0.39 is 5.60 Å². The summed E-state index contributed by atoms with van der Waals surface area (Å²) in [7, 11) is 0. The molecule has 2 heterocycles. The first-order chi connectivity index (χ1) is 15.2. The number of carbonyl (C=O) groups excluding carboxylic acids is 1. The van der Waals surface area contributed by atoms with Crippen molar-refractivity contribution in [3.8, 4) is 0 Å². The van der Waals surface area contributed by atoms with Gasteiger partial charge in [0, 0.05) is 6.04 Å². The fraction of sp³-hybridized carbons (Fsp3) is 0.692. The van der Waals surface area contributed by atoms with E-state index in [-0.39, 0.29) is 23.7 Å². The van der Waals surface area contributed by atoms with Gasteiger partial charge in [-0.3, -0.25) is 0 Å². The Morgan fingerprint density at radius 1 is 1.38 bits per heavy atom.